The number of phosphoric acid groups is 1. The summed E-state index contributed by atoms with van der Waals surface area (Å²) in [5.41, 5.74) is 0. The van der Waals surface area contributed by atoms with Crippen LogP contribution in [0.15, 0.2) is 37.0 Å². The van der Waals surface area contributed by atoms with Crippen molar-refractivity contribution in [2.45, 2.75) is 136 Å². The predicted molar refractivity (Wildman–Crippen MR) is 138 cm³/mol. The van der Waals surface area contributed by atoms with Crippen LogP contribution in [0.2, 0.25) is 0 Å². The maximum absolute atomic E-state index is 12.9. The summed E-state index contributed by atoms with van der Waals surface area (Å²) in [4.78, 5) is 0. The fourth-order valence-electron chi connectivity index (χ4n) is 3.23. The highest BCUT2D eigenvalue weighted by atomic mass is 31.2. The van der Waals surface area contributed by atoms with Crippen molar-refractivity contribution < 1.29 is 18.1 Å². The minimum absolute atomic E-state index is 0.908. The first-order chi connectivity index (χ1) is 15.7. The van der Waals surface area contributed by atoms with E-state index in [2.05, 4.69) is 20.8 Å². The standard InChI is InChI=1S/C27H51O4P/c1-4-7-10-13-16-19-22-25-29-32(28,30-26-23-20-17-14-11-8-5-2)31-27-24-21-18-15-12-9-6-3/h22-27H,4-21H2,1-3H3. The van der Waals surface area contributed by atoms with Crippen LogP contribution in [0.5, 0.6) is 0 Å². The molecular formula is C27H51O4P. The van der Waals surface area contributed by atoms with Crippen LogP contribution >= 0.6 is 7.82 Å². The molecule has 0 aliphatic heterocycles. The highest BCUT2D eigenvalue weighted by Gasteiger charge is 2.27. The van der Waals surface area contributed by atoms with Gasteiger partial charge in [-0.3, -0.25) is 0 Å². The molecule has 0 aromatic rings. The number of hydrogen-bond acceptors (Lipinski definition) is 4. The molecule has 0 rings (SSSR count). The molecule has 0 atom stereocenters. The van der Waals surface area contributed by atoms with E-state index in [0.717, 1.165) is 38.5 Å². The Morgan fingerprint density at radius 2 is 0.750 bits per heavy atom. The van der Waals surface area contributed by atoms with Gasteiger partial charge in [0.2, 0.25) is 0 Å². The third-order valence-electron chi connectivity index (χ3n) is 5.28. The summed E-state index contributed by atoms with van der Waals surface area (Å²) in [6.07, 6.45) is 31.2. The Morgan fingerprint density at radius 3 is 1.03 bits per heavy atom. The molecule has 0 aromatic heterocycles. The van der Waals surface area contributed by atoms with Crippen LogP contribution < -0.4 is 0 Å². The minimum Gasteiger partial charge on any atom is -0.394 e. The summed E-state index contributed by atoms with van der Waals surface area (Å²) < 4.78 is 29.1. The van der Waals surface area contributed by atoms with Crippen LogP contribution in [0.3, 0.4) is 0 Å². The van der Waals surface area contributed by atoms with Crippen molar-refractivity contribution in [1.29, 1.82) is 0 Å². The lowest BCUT2D eigenvalue weighted by molar-refractivity contribution is 0.229. The average molecular weight is 471 g/mol. The average Bonchev–Trinajstić information content (AvgIpc) is 2.79. The van der Waals surface area contributed by atoms with Gasteiger partial charge in [-0.1, -0.05) is 97.8 Å². The second-order valence-electron chi connectivity index (χ2n) is 8.49. The first kappa shape index (κ1) is 30.9. The van der Waals surface area contributed by atoms with E-state index < -0.39 is 7.82 Å². The van der Waals surface area contributed by atoms with E-state index in [1.165, 1.54) is 95.8 Å². The summed E-state index contributed by atoms with van der Waals surface area (Å²) >= 11 is 0. The van der Waals surface area contributed by atoms with E-state index in [1.54, 1.807) is 0 Å². The maximum Gasteiger partial charge on any atom is 0.645 e. The number of unbranched alkanes of at least 4 members (excludes halogenated alkanes) is 15. The van der Waals surface area contributed by atoms with Gasteiger partial charge in [-0.05, 0) is 56.8 Å². The molecule has 0 heterocycles. The molecule has 0 fully saturated rings. The van der Waals surface area contributed by atoms with E-state index in [9.17, 15) is 4.57 Å². The number of hydrogen-bond donors (Lipinski definition) is 0. The summed E-state index contributed by atoms with van der Waals surface area (Å²) in [7, 11) is -3.68. The minimum atomic E-state index is -3.68. The molecule has 0 unspecified atom stereocenters. The Morgan fingerprint density at radius 1 is 0.469 bits per heavy atom. The Labute approximate surface area is 199 Å². The Hall–Kier alpha value is -1.15. The van der Waals surface area contributed by atoms with E-state index in [0.29, 0.717) is 0 Å². The zero-order valence-corrected chi connectivity index (χ0v) is 22.2. The van der Waals surface area contributed by atoms with Crippen LogP contribution in [-0.4, -0.2) is 0 Å². The fourth-order valence-corrected chi connectivity index (χ4v) is 4.08. The quantitative estimate of drug-likeness (QED) is 0.0799. The van der Waals surface area contributed by atoms with Crippen LogP contribution in [0.4, 0.5) is 0 Å². The molecule has 188 valence electrons. The van der Waals surface area contributed by atoms with Gasteiger partial charge < -0.3 is 13.6 Å². The number of allylic oxidation sites excluding steroid dienone is 3. The van der Waals surface area contributed by atoms with E-state index in [4.69, 9.17) is 13.6 Å². The van der Waals surface area contributed by atoms with Gasteiger partial charge in [0.15, 0.2) is 0 Å². The summed E-state index contributed by atoms with van der Waals surface area (Å²) in [6, 6.07) is 0. The van der Waals surface area contributed by atoms with Gasteiger partial charge in [0, 0.05) is 0 Å². The van der Waals surface area contributed by atoms with Gasteiger partial charge in [-0.2, -0.15) is 4.57 Å². The van der Waals surface area contributed by atoms with Gasteiger partial charge in [-0.15, -0.1) is 0 Å². The number of phosphoric ester groups is 1. The largest absolute Gasteiger partial charge is 0.645 e. The van der Waals surface area contributed by atoms with Gasteiger partial charge >= 0.3 is 7.82 Å². The van der Waals surface area contributed by atoms with Crippen LogP contribution in [0.25, 0.3) is 0 Å². The first-order valence-corrected chi connectivity index (χ1v) is 14.7. The van der Waals surface area contributed by atoms with E-state index in [1.807, 2.05) is 18.2 Å². The van der Waals surface area contributed by atoms with Crippen LogP contribution in [0, 0.1) is 0 Å². The van der Waals surface area contributed by atoms with Gasteiger partial charge in [0.25, 0.3) is 0 Å². The Bertz CT molecular complexity index is 442. The molecule has 5 heteroatoms. The van der Waals surface area contributed by atoms with Gasteiger partial charge in [-0.25, -0.2) is 0 Å². The zero-order chi connectivity index (χ0) is 23.6. The summed E-state index contributed by atoms with van der Waals surface area (Å²) in [5, 5.41) is 0. The molecule has 0 aliphatic carbocycles. The van der Waals surface area contributed by atoms with Crippen molar-refractivity contribution >= 4 is 7.82 Å². The molecule has 0 aliphatic rings. The van der Waals surface area contributed by atoms with Crippen molar-refractivity contribution in [1.82, 2.24) is 0 Å². The Balaban J connectivity index is 4.38. The summed E-state index contributed by atoms with van der Waals surface area (Å²) in [5.74, 6) is 0. The van der Waals surface area contributed by atoms with E-state index in [-0.39, 0.29) is 0 Å². The zero-order valence-electron chi connectivity index (χ0n) is 21.3. The van der Waals surface area contributed by atoms with Gasteiger partial charge in [0.05, 0.1) is 18.8 Å². The van der Waals surface area contributed by atoms with E-state index >= 15 is 0 Å². The van der Waals surface area contributed by atoms with Crippen molar-refractivity contribution in [2.75, 3.05) is 0 Å². The highest BCUT2D eigenvalue weighted by molar-refractivity contribution is 7.48. The lowest BCUT2D eigenvalue weighted by Crippen LogP contribution is -1.89. The van der Waals surface area contributed by atoms with Crippen molar-refractivity contribution in [3.05, 3.63) is 37.0 Å². The molecule has 32 heavy (non-hydrogen) atoms. The highest BCUT2D eigenvalue weighted by Crippen LogP contribution is 2.50. The van der Waals surface area contributed by atoms with Gasteiger partial charge in [0.1, 0.15) is 0 Å². The second-order valence-corrected chi connectivity index (χ2v) is 10.0. The van der Waals surface area contributed by atoms with Crippen molar-refractivity contribution in [2.24, 2.45) is 0 Å². The molecule has 0 N–H and O–H groups in total. The first-order valence-electron chi connectivity index (χ1n) is 13.3. The number of rotatable bonds is 24. The Kier molecular flexibility index (Phi) is 23.6. The third kappa shape index (κ3) is 22.1. The molecule has 0 aromatic carbocycles. The third-order valence-corrected chi connectivity index (χ3v) is 6.42. The topological polar surface area (TPSA) is 44.8 Å². The maximum atomic E-state index is 12.9. The predicted octanol–water partition coefficient (Wildman–Crippen LogP) is 10.8. The molecule has 0 saturated heterocycles. The van der Waals surface area contributed by atoms with Crippen LogP contribution in [-0.2, 0) is 18.1 Å². The molecule has 0 radical (unpaired) electrons. The smallest absolute Gasteiger partial charge is 0.394 e. The normalized spacial score (nSPS) is 13.8. The fraction of sp³-hybridized carbons (Fsp3) is 0.778. The van der Waals surface area contributed by atoms with Crippen LogP contribution in [0.1, 0.15) is 136 Å². The second kappa shape index (κ2) is 24.5. The SMILES string of the molecule is CCCCCCCC=COP(=O)(OC=CCCCCCCC)OC=CCCCCCCC. The molecule has 4 nitrogen and oxygen atoms in total. The van der Waals surface area contributed by atoms with Crippen molar-refractivity contribution in [3.8, 4) is 0 Å². The monoisotopic (exact) mass is 470 g/mol. The lowest BCUT2D eigenvalue weighted by atomic mass is 10.1. The lowest BCUT2D eigenvalue weighted by Gasteiger charge is -2.13. The molecule has 0 saturated carbocycles. The molecule has 0 amide bonds. The van der Waals surface area contributed by atoms with Crippen molar-refractivity contribution in [3.63, 3.8) is 0 Å². The molecule has 0 bridgehead atoms. The molecule has 0 spiro atoms. The molecular weight excluding hydrogens is 419 g/mol. The summed E-state index contributed by atoms with van der Waals surface area (Å²) in [6.45, 7) is 6.65.